The summed E-state index contributed by atoms with van der Waals surface area (Å²) in [5, 5.41) is 11.8. The second kappa shape index (κ2) is 6.97. The number of aliphatic hydroxyl groups is 1. The molecule has 1 saturated carbocycles. The van der Waals surface area contributed by atoms with Crippen LogP contribution >= 0.6 is 23.2 Å². The second-order valence-corrected chi connectivity index (χ2v) is 6.47. The fourth-order valence-electron chi connectivity index (χ4n) is 3.31. The Labute approximate surface area is 125 Å². The van der Waals surface area contributed by atoms with Crippen molar-refractivity contribution in [2.45, 2.75) is 51.6 Å². The largest absolute Gasteiger partial charge is 0.392 e. The zero-order valence-corrected chi connectivity index (χ0v) is 12.9. The highest BCUT2D eigenvalue weighted by Crippen LogP contribution is 2.36. The highest BCUT2D eigenvalue weighted by molar-refractivity contribution is 6.35. The van der Waals surface area contributed by atoms with Gasteiger partial charge in [-0.25, -0.2) is 0 Å². The van der Waals surface area contributed by atoms with E-state index in [4.69, 9.17) is 23.2 Å². The molecule has 0 bridgehead atoms. The molecule has 106 valence electrons. The van der Waals surface area contributed by atoms with Gasteiger partial charge in [-0.3, -0.25) is 0 Å². The van der Waals surface area contributed by atoms with E-state index in [1.165, 1.54) is 19.3 Å². The van der Waals surface area contributed by atoms with Crippen LogP contribution < -0.4 is 0 Å². The van der Waals surface area contributed by atoms with Gasteiger partial charge < -0.3 is 5.11 Å². The third kappa shape index (κ3) is 3.87. The smallest absolute Gasteiger partial charge is 0.0611 e. The summed E-state index contributed by atoms with van der Waals surface area (Å²) in [6.07, 6.45) is 6.46. The van der Waals surface area contributed by atoms with Crippen LogP contribution in [0.3, 0.4) is 0 Å². The Balaban J connectivity index is 2.04. The lowest BCUT2D eigenvalue weighted by atomic mass is 9.74. The van der Waals surface area contributed by atoms with Gasteiger partial charge in [0.2, 0.25) is 0 Å². The van der Waals surface area contributed by atoms with E-state index in [0.717, 1.165) is 18.4 Å². The zero-order chi connectivity index (χ0) is 13.8. The van der Waals surface area contributed by atoms with E-state index in [9.17, 15) is 5.11 Å². The van der Waals surface area contributed by atoms with Gasteiger partial charge in [0.15, 0.2) is 0 Å². The Morgan fingerprint density at radius 2 is 2.00 bits per heavy atom. The van der Waals surface area contributed by atoms with E-state index in [0.29, 0.717) is 28.3 Å². The predicted octanol–water partition coefficient (Wildman–Crippen LogP) is 5.11. The van der Waals surface area contributed by atoms with Crippen LogP contribution in [0, 0.1) is 11.8 Å². The standard InChI is InChI=1S/C16H22Cl2O/c1-2-11-5-3-4-6-14(11)16(19)9-12-7-8-13(17)10-15(12)18/h7-8,10-11,14,16,19H,2-6,9H2,1H3. The van der Waals surface area contributed by atoms with Gasteiger partial charge in [-0.2, -0.15) is 0 Å². The molecule has 0 saturated heterocycles. The van der Waals surface area contributed by atoms with Crippen molar-refractivity contribution >= 4 is 23.2 Å². The summed E-state index contributed by atoms with van der Waals surface area (Å²) >= 11 is 12.1. The van der Waals surface area contributed by atoms with Gasteiger partial charge in [0.25, 0.3) is 0 Å². The van der Waals surface area contributed by atoms with Crippen LogP contribution in [0.1, 0.15) is 44.6 Å². The molecular weight excluding hydrogens is 279 g/mol. The molecule has 0 heterocycles. The molecule has 1 nitrogen and oxygen atoms in total. The van der Waals surface area contributed by atoms with Crippen molar-refractivity contribution in [3.05, 3.63) is 33.8 Å². The van der Waals surface area contributed by atoms with Crippen LogP contribution in [0.15, 0.2) is 18.2 Å². The number of aliphatic hydroxyl groups excluding tert-OH is 1. The first kappa shape index (κ1) is 15.2. The molecule has 1 N–H and O–H groups in total. The minimum Gasteiger partial charge on any atom is -0.392 e. The molecule has 3 atom stereocenters. The molecule has 2 rings (SSSR count). The van der Waals surface area contributed by atoms with Gasteiger partial charge in [0, 0.05) is 16.5 Å². The van der Waals surface area contributed by atoms with Crippen LogP contribution in [0.4, 0.5) is 0 Å². The highest BCUT2D eigenvalue weighted by atomic mass is 35.5. The SMILES string of the molecule is CCC1CCCCC1C(O)Cc1ccc(Cl)cc1Cl. The van der Waals surface area contributed by atoms with Gasteiger partial charge in [-0.05, 0) is 36.0 Å². The molecule has 1 aromatic rings. The fraction of sp³-hybridized carbons (Fsp3) is 0.625. The monoisotopic (exact) mass is 300 g/mol. The summed E-state index contributed by atoms with van der Waals surface area (Å²) in [5.74, 6) is 1.08. The molecule has 3 heteroatoms. The van der Waals surface area contributed by atoms with E-state index >= 15 is 0 Å². The molecule has 3 unspecified atom stereocenters. The Morgan fingerprint density at radius 1 is 1.26 bits per heavy atom. The van der Waals surface area contributed by atoms with Crippen molar-refractivity contribution in [2.75, 3.05) is 0 Å². The molecule has 0 spiro atoms. The number of rotatable bonds is 4. The predicted molar refractivity (Wildman–Crippen MR) is 81.9 cm³/mol. The molecule has 1 aliphatic rings. The number of halogens is 2. The van der Waals surface area contributed by atoms with E-state index in [-0.39, 0.29) is 6.10 Å². The van der Waals surface area contributed by atoms with Crippen LogP contribution in [-0.4, -0.2) is 11.2 Å². The lowest BCUT2D eigenvalue weighted by Crippen LogP contribution is -2.32. The molecule has 19 heavy (non-hydrogen) atoms. The first-order valence-electron chi connectivity index (χ1n) is 7.23. The quantitative estimate of drug-likeness (QED) is 0.819. The molecule has 1 fully saturated rings. The number of hydrogen-bond donors (Lipinski definition) is 1. The van der Waals surface area contributed by atoms with Crippen molar-refractivity contribution in [1.29, 1.82) is 0 Å². The van der Waals surface area contributed by atoms with Crippen molar-refractivity contribution in [3.63, 3.8) is 0 Å². The van der Waals surface area contributed by atoms with Crippen LogP contribution in [0.5, 0.6) is 0 Å². The maximum atomic E-state index is 10.5. The summed E-state index contributed by atoms with van der Waals surface area (Å²) in [7, 11) is 0. The highest BCUT2D eigenvalue weighted by Gasteiger charge is 2.29. The molecule has 0 aliphatic heterocycles. The minimum atomic E-state index is -0.288. The summed E-state index contributed by atoms with van der Waals surface area (Å²) in [6, 6.07) is 5.52. The average Bonchev–Trinajstić information content (AvgIpc) is 2.41. The van der Waals surface area contributed by atoms with E-state index < -0.39 is 0 Å². The summed E-state index contributed by atoms with van der Waals surface area (Å²) in [4.78, 5) is 0. The Morgan fingerprint density at radius 3 is 2.68 bits per heavy atom. The first-order chi connectivity index (χ1) is 9.11. The summed E-state index contributed by atoms with van der Waals surface area (Å²) in [5.41, 5.74) is 0.999. The molecule has 0 radical (unpaired) electrons. The Kier molecular flexibility index (Phi) is 5.56. The number of hydrogen-bond acceptors (Lipinski definition) is 1. The van der Waals surface area contributed by atoms with Gasteiger partial charge >= 0.3 is 0 Å². The van der Waals surface area contributed by atoms with Gasteiger partial charge in [0.05, 0.1) is 6.10 Å². The van der Waals surface area contributed by atoms with Crippen LogP contribution in [0.25, 0.3) is 0 Å². The van der Waals surface area contributed by atoms with Crippen LogP contribution in [0.2, 0.25) is 10.0 Å². The van der Waals surface area contributed by atoms with Gasteiger partial charge in [-0.15, -0.1) is 0 Å². The van der Waals surface area contributed by atoms with Crippen molar-refractivity contribution < 1.29 is 5.11 Å². The normalized spacial score (nSPS) is 25.3. The van der Waals surface area contributed by atoms with Gasteiger partial charge in [0.1, 0.15) is 0 Å². The first-order valence-corrected chi connectivity index (χ1v) is 7.99. The minimum absolute atomic E-state index is 0.288. The Bertz CT molecular complexity index is 419. The van der Waals surface area contributed by atoms with E-state index in [1.807, 2.05) is 12.1 Å². The molecule has 0 aromatic heterocycles. The molecule has 1 aromatic carbocycles. The lowest BCUT2D eigenvalue weighted by molar-refractivity contribution is 0.0464. The second-order valence-electron chi connectivity index (χ2n) is 5.62. The van der Waals surface area contributed by atoms with Crippen molar-refractivity contribution in [1.82, 2.24) is 0 Å². The maximum Gasteiger partial charge on any atom is 0.0611 e. The summed E-state index contributed by atoms with van der Waals surface area (Å²) in [6.45, 7) is 2.23. The molecule has 0 amide bonds. The molecular formula is C16H22Cl2O. The zero-order valence-electron chi connectivity index (χ0n) is 11.4. The maximum absolute atomic E-state index is 10.5. The number of benzene rings is 1. The fourth-order valence-corrected chi connectivity index (χ4v) is 3.80. The van der Waals surface area contributed by atoms with Crippen molar-refractivity contribution in [3.8, 4) is 0 Å². The lowest BCUT2D eigenvalue weighted by Gasteiger charge is -2.34. The Hall–Kier alpha value is -0.240. The summed E-state index contributed by atoms with van der Waals surface area (Å²) < 4.78 is 0. The van der Waals surface area contributed by atoms with E-state index in [2.05, 4.69) is 6.92 Å². The average molecular weight is 301 g/mol. The van der Waals surface area contributed by atoms with Gasteiger partial charge in [-0.1, -0.05) is 61.9 Å². The van der Waals surface area contributed by atoms with E-state index in [1.54, 1.807) is 6.07 Å². The third-order valence-electron chi connectivity index (χ3n) is 4.43. The third-order valence-corrected chi connectivity index (χ3v) is 5.02. The van der Waals surface area contributed by atoms with Crippen LogP contribution in [-0.2, 0) is 6.42 Å². The molecule has 1 aliphatic carbocycles. The van der Waals surface area contributed by atoms with Crippen molar-refractivity contribution in [2.24, 2.45) is 11.8 Å². The topological polar surface area (TPSA) is 20.2 Å².